The average molecular weight is 398 g/mol. The SMILES string of the molecule is COc1ccc(CN(C)CC(=O)Nc2ccc(N3CCCCC3)cc2)c(OC)c1. The highest BCUT2D eigenvalue weighted by Gasteiger charge is 2.13. The number of carbonyl (C=O) groups excluding carboxylic acids is 1. The molecule has 0 spiro atoms. The molecule has 1 aliphatic heterocycles. The van der Waals surface area contributed by atoms with Crippen molar-refractivity contribution in [2.45, 2.75) is 25.8 Å². The van der Waals surface area contributed by atoms with E-state index in [1.807, 2.05) is 42.3 Å². The summed E-state index contributed by atoms with van der Waals surface area (Å²) in [5.41, 5.74) is 3.06. The van der Waals surface area contributed by atoms with E-state index < -0.39 is 0 Å². The summed E-state index contributed by atoms with van der Waals surface area (Å²) >= 11 is 0. The zero-order valence-corrected chi connectivity index (χ0v) is 17.6. The van der Waals surface area contributed by atoms with Gasteiger partial charge in [-0.1, -0.05) is 6.07 Å². The van der Waals surface area contributed by atoms with Gasteiger partial charge >= 0.3 is 0 Å². The third kappa shape index (κ3) is 5.87. The molecule has 0 aromatic heterocycles. The lowest BCUT2D eigenvalue weighted by Gasteiger charge is -2.28. The van der Waals surface area contributed by atoms with Gasteiger partial charge in [-0.2, -0.15) is 0 Å². The molecule has 6 heteroatoms. The zero-order chi connectivity index (χ0) is 20.6. The number of piperidine rings is 1. The summed E-state index contributed by atoms with van der Waals surface area (Å²) in [6, 6.07) is 13.9. The standard InChI is InChI=1S/C23H31N3O3/c1-25(16-18-7-12-21(28-2)15-22(18)29-3)17-23(27)24-19-8-10-20(11-9-19)26-13-5-4-6-14-26/h7-12,15H,4-6,13-14,16-17H2,1-3H3,(H,24,27). The highest BCUT2D eigenvalue weighted by molar-refractivity contribution is 5.92. The molecule has 156 valence electrons. The van der Waals surface area contributed by atoms with Crippen LogP contribution in [0.3, 0.4) is 0 Å². The van der Waals surface area contributed by atoms with Gasteiger partial charge in [0.05, 0.1) is 20.8 Å². The molecule has 0 saturated carbocycles. The van der Waals surface area contributed by atoms with Gasteiger partial charge in [-0.25, -0.2) is 0 Å². The lowest BCUT2D eigenvalue weighted by molar-refractivity contribution is -0.117. The number of nitrogens with one attached hydrogen (secondary N) is 1. The fourth-order valence-electron chi connectivity index (χ4n) is 3.68. The van der Waals surface area contributed by atoms with Crippen molar-refractivity contribution in [3.8, 4) is 11.5 Å². The molecule has 0 atom stereocenters. The van der Waals surface area contributed by atoms with Crippen LogP contribution in [0.15, 0.2) is 42.5 Å². The summed E-state index contributed by atoms with van der Waals surface area (Å²) in [7, 11) is 5.19. The lowest BCUT2D eigenvalue weighted by Crippen LogP contribution is -2.30. The number of rotatable bonds is 8. The van der Waals surface area contributed by atoms with Crippen molar-refractivity contribution in [1.29, 1.82) is 0 Å². The molecule has 0 aliphatic carbocycles. The first-order valence-electron chi connectivity index (χ1n) is 10.1. The normalized spacial score (nSPS) is 14.0. The molecule has 3 rings (SSSR count). The van der Waals surface area contributed by atoms with Crippen LogP contribution < -0.4 is 19.7 Å². The minimum Gasteiger partial charge on any atom is -0.497 e. The first-order chi connectivity index (χ1) is 14.1. The number of benzene rings is 2. The molecule has 1 N–H and O–H groups in total. The van der Waals surface area contributed by atoms with Crippen molar-refractivity contribution in [1.82, 2.24) is 4.90 Å². The molecule has 29 heavy (non-hydrogen) atoms. The number of ether oxygens (including phenoxy) is 2. The van der Waals surface area contributed by atoms with Crippen LogP contribution in [0, 0.1) is 0 Å². The third-order valence-electron chi connectivity index (χ3n) is 5.22. The second-order valence-corrected chi connectivity index (χ2v) is 7.49. The molecule has 1 saturated heterocycles. The number of methoxy groups -OCH3 is 2. The molecule has 2 aromatic carbocycles. The van der Waals surface area contributed by atoms with Gasteiger partial charge in [-0.05, 0) is 56.6 Å². The van der Waals surface area contributed by atoms with E-state index in [0.717, 1.165) is 35.8 Å². The Kier molecular flexibility index (Phi) is 7.36. The molecule has 0 unspecified atom stereocenters. The molecule has 0 radical (unpaired) electrons. The summed E-state index contributed by atoms with van der Waals surface area (Å²) in [5, 5.41) is 2.99. The Morgan fingerprint density at radius 1 is 1.03 bits per heavy atom. The van der Waals surface area contributed by atoms with E-state index in [4.69, 9.17) is 9.47 Å². The molecule has 0 bridgehead atoms. The van der Waals surface area contributed by atoms with Crippen LogP contribution in [-0.2, 0) is 11.3 Å². The van der Waals surface area contributed by atoms with E-state index in [2.05, 4.69) is 22.3 Å². The predicted molar refractivity (Wildman–Crippen MR) is 117 cm³/mol. The Labute approximate surface area is 173 Å². The van der Waals surface area contributed by atoms with Crippen LogP contribution >= 0.6 is 0 Å². The van der Waals surface area contributed by atoms with Crippen molar-refractivity contribution in [2.24, 2.45) is 0 Å². The van der Waals surface area contributed by atoms with Crippen LogP contribution in [-0.4, -0.2) is 51.7 Å². The Bertz CT molecular complexity index is 802. The highest BCUT2D eigenvalue weighted by Crippen LogP contribution is 2.25. The van der Waals surface area contributed by atoms with E-state index in [1.165, 1.54) is 24.9 Å². The van der Waals surface area contributed by atoms with E-state index in [9.17, 15) is 4.79 Å². The van der Waals surface area contributed by atoms with Gasteiger partial charge in [-0.15, -0.1) is 0 Å². The molecular weight excluding hydrogens is 366 g/mol. The van der Waals surface area contributed by atoms with Gasteiger partial charge in [0.15, 0.2) is 0 Å². The average Bonchev–Trinajstić information content (AvgIpc) is 2.75. The summed E-state index contributed by atoms with van der Waals surface area (Å²) < 4.78 is 10.7. The minimum atomic E-state index is -0.0364. The minimum absolute atomic E-state index is 0.0364. The number of likely N-dealkylation sites (N-methyl/N-ethyl adjacent to an activating group) is 1. The summed E-state index contributed by atoms with van der Waals surface area (Å²) in [6.45, 7) is 3.13. The van der Waals surface area contributed by atoms with E-state index in [1.54, 1.807) is 14.2 Å². The Morgan fingerprint density at radius 2 is 1.76 bits per heavy atom. The summed E-state index contributed by atoms with van der Waals surface area (Å²) in [4.78, 5) is 16.8. The molecular formula is C23H31N3O3. The van der Waals surface area contributed by atoms with Gasteiger partial charge in [-0.3, -0.25) is 9.69 Å². The van der Waals surface area contributed by atoms with Crippen LogP contribution in [0.25, 0.3) is 0 Å². The molecule has 2 aromatic rings. The van der Waals surface area contributed by atoms with Crippen LogP contribution in [0.5, 0.6) is 11.5 Å². The van der Waals surface area contributed by atoms with Gasteiger partial charge in [0.1, 0.15) is 11.5 Å². The van der Waals surface area contributed by atoms with E-state index in [-0.39, 0.29) is 5.91 Å². The summed E-state index contributed by atoms with van der Waals surface area (Å²) in [6.07, 6.45) is 3.83. The molecule has 1 aliphatic rings. The number of anilines is 2. The topological polar surface area (TPSA) is 54.0 Å². The van der Waals surface area contributed by atoms with Crippen molar-refractivity contribution < 1.29 is 14.3 Å². The van der Waals surface area contributed by atoms with Crippen molar-refractivity contribution >= 4 is 17.3 Å². The number of hydrogen-bond acceptors (Lipinski definition) is 5. The molecule has 1 heterocycles. The highest BCUT2D eigenvalue weighted by atomic mass is 16.5. The number of amides is 1. The molecule has 1 fully saturated rings. The fraction of sp³-hybridized carbons (Fsp3) is 0.435. The molecule has 6 nitrogen and oxygen atoms in total. The van der Waals surface area contributed by atoms with E-state index >= 15 is 0 Å². The first kappa shape index (κ1) is 21.0. The number of carbonyl (C=O) groups is 1. The predicted octanol–water partition coefficient (Wildman–Crippen LogP) is 3.76. The van der Waals surface area contributed by atoms with Crippen LogP contribution in [0.4, 0.5) is 11.4 Å². The smallest absolute Gasteiger partial charge is 0.238 e. The van der Waals surface area contributed by atoms with Crippen LogP contribution in [0.1, 0.15) is 24.8 Å². The number of nitrogens with zero attached hydrogens (tertiary/aromatic N) is 2. The van der Waals surface area contributed by atoms with Crippen molar-refractivity contribution in [2.75, 3.05) is 51.1 Å². The maximum Gasteiger partial charge on any atom is 0.238 e. The van der Waals surface area contributed by atoms with Gasteiger partial charge < -0.3 is 19.7 Å². The Hall–Kier alpha value is -2.73. The number of hydrogen-bond donors (Lipinski definition) is 1. The lowest BCUT2D eigenvalue weighted by atomic mass is 10.1. The van der Waals surface area contributed by atoms with Crippen molar-refractivity contribution in [3.63, 3.8) is 0 Å². The zero-order valence-electron chi connectivity index (χ0n) is 17.6. The monoisotopic (exact) mass is 397 g/mol. The Morgan fingerprint density at radius 3 is 2.41 bits per heavy atom. The maximum absolute atomic E-state index is 12.4. The van der Waals surface area contributed by atoms with Crippen molar-refractivity contribution in [3.05, 3.63) is 48.0 Å². The Balaban J connectivity index is 1.52. The van der Waals surface area contributed by atoms with Crippen LogP contribution in [0.2, 0.25) is 0 Å². The van der Waals surface area contributed by atoms with Gasteiger partial charge in [0.2, 0.25) is 5.91 Å². The maximum atomic E-state index is 12.4. The quantitative estimate of drug-likeness (QED) is 0.735. The second-order valence-electron chi connectivity index (χ2n) is 7.49. The third-order valence-corrected chi connectivity index (χ3v) is 5.22. The van der Waals surface area contributed by atoms with Gasteiger partial charge in [0.25, 0.3) is 0 Å². The summed E-state index contributed by atoms with van der Waals surface area (Å²) in [5.74, 6) is 1.47. The first-order valence-corrected chi connectivity index (χ1v) is 10.1. The second kappa shape index (κ2) is 10.2. The largest absolute Gasteiger partial charge is 0.497 e. The molecule has 1 amide bonds. The van der Waals surface area contributed by atoms with E-state index in [0.29, 0.717) is 13.1 Å². The fourth-order valence-corrected chi connectivity index (χ4v) is 3.68. The van der Waals surface area contributed by atoms with Gasteiger partial charge in [0, 0.05) is 42.6 Å².